The van der Waals surface area contributed by atoms with Gasteiger partial charge in [0.25, 0.3) is 0 Å². The highest BCUT2D eigenvalue weighted by Crippen LogP contribution is 2.69. The number of methoxy groups -OCH3 is 2. The van der Waals surface area contributed by atoms with Crippen LogP contribution in [0.15, 0.2) is 18.2 Å². The summed E-state index contributed by atoms with van der Waals surface area (Å²) in [5, 5.41) is 39.3. The monoisotopic (exact) mass is 392 g/mol. The van der Waals surface area contributed by atoms with E-state index in [1.165, 1.54) is 14.2 Å². The van der Waals surface area contributed by atoms with E-state index >= 15 is 0 Å². The summed E-state index contributed by atoms with van der Waals surface area (Å²) in [6.45, 7) is 0. The summed E-state index contributed by atoms with van der Waals surface area (Å²) in [5.41, 5.74) is -3.21. The van der Waals surface area contributed by atoms with Crippen LogP contribution >= 0.6 is 0 Å². The number of ether oxygens (including phenoxy) is 4. The molecule has 4 fully saturated rings. The molecular formula is C21H20N4O4. The molecule has 0 aromatic heterocycles. The van der Waals surface area contributed by atoms with E-state index in [0.717, 1.165) is 12.8 Å². The van der Waals surface area contributed by atoms with Crippen molar-refractivity contribution >= 4 is 5.90 Å². The van der Waals surface area contributed by atoms with Gasteiger partial charge in [-0.1, -0.05) is 6.42 Å². The molecule has 3 saturated heterocycles. The fourth-order valence-corrected chi connectivity index (χ4v) is 5.16. The second-order valence-electron chi connectivity index (χ2n) is 7.60. The van der Waals surface area contributed by atoms with Gasteiger partial charge in [0, 0.05) is 18.1 Å². The van der Waals surface area contributed by atoms with Crippen molar-refractivity contribution in [2.75, 3.05) is 14.2 Å². The van der Waals surface area contributed by atoms with Crippen LogP contribution < -0.4 is 9.47 Å². The van der Waals surface area contributed by atoms with Gasteiger partial charge < -0.3 is 18.9 Å². The minimum absolute atomic E-state index is 0.387. The van der Waals surface area contributed by atoms with Gasteiger partial charge in [-0.05, 0) is 25.0 Å². The van der Waals surface area contributed by atoms with Crippen molar-refractivity contribution < 1.29 is 18.9 Å². The van der Waals surface area contributed by atoms with Crippen LogP contribution in [0.25, 0.3) is 0 Å². The smallest absolute Gasteiger partial charge is 0.218 e. The molecule has 1 aromatic carbocycles. The SMILES string of the molecule is COc1ccc([C@H]2O[C@@]34CCCC[C@@H]3C(C#N)(C#N)[C@]2(C#N)C(=N)O4)c(OC)c1. The highest BCUT2D eigenvalue weighted by Gasteiger charge is 2.80. The van der Waals surface area contributed by atoms with E-state index in [2.05, 4.69) is 18.2 Å². The Balaban J connectivity index is 2.01. The predicted octanol–water partition coefficient (Wildman–Crippen LogP) is 3.21. The van der Waals surface area contributed by atoms with Crippen molar-refractivity contribution in [1.82, 2.24) is 0 Å². The van der Waals surface area contributed by atoms with Crippen LogP contribution in [0.3, 0.4) is 0 Å². The van der Waals surface area contributed by atoms with Crippen LogP contribution in [-0.4, -0.2) is 25.9 Å². The molecular weight excluding hydrogens is 372 g/mol. The summed E-state index contributed by atoms with van der Waals surface area (Å²) in [4.78, 5) is 0. The summed E-state index contributed by atoms with van der Waals surface area (Å²) in [6.07, 6.45) is 1.48. The molecule has 1 aliphatic carbocycles. The minimum atomic E-state index is -1.91. The lowest BCUT2D eigenvalue weighted by atomic mass is 9.48. The van der Waals surface area contributed by atoms with E-state index in [4.69, 9.17) is 24.4 Å². The molecule has 29 heavy (non-hydrogen) atoms. The lowest BCUT2D eigenvalue weighted by Gasteiger charge is -2.63. The van der Waals surface area contributed by atoms with Crippen LogP contribution in [0.1, 0.15) is 37.4 Å². The summed E-state index contributed by atoms with van der Waals surface area (Å²) in [5.74, 6) is -1.36. The topological polar surface area (TPSA) is 132 Å². The van der Waals surface area contributed by atoms with Gasteiger partial charge in [0.05, 0.1) is 38.3 Å². The molecule has 0 unspecified atom stereocenters. The van der Waals surface area contributed by atoms with Crippen molar-refractivity contribution in [2.45, 2.75) is 37.6 Å². The lowest BCUT2D eigenvalue weighted by Crippen LogP contribution is -2.73. The van der Waals surface area contributed by atoms with Crippen LogP contribution in [-0.2, 0) is 9.47 Å². The van der Waals surface area contributed by atoms with E-state index in [-0.39, 0.29) is 0 Å². The summed E-state index contributed by atoms with van der Waals surface area (Å²) < 4.78 is 23.0. The number of rotatable bonds is 3. The van der Waals surface area contributed by atoms with Crippen LogP contribution in [0.4, 0.5) is 0 Å². The fraction of sp³-hybridized carbons (Fsp3) is 0.524. The standard InChI is InChI=1S/C21H20N4O4/c1-26-13-6-7-14(15(9-13)27-2)17-20(12-24)18(25)29-21(28-17)8-4-3-5-16(21)19(20,10-22)11-23/h6-7,9,16-17,25H,3-5,8H2,1-2H3/t16-,17-,20+,21-/m1/s1. The molecule has 4 aliphatic rings. The number of nitrogens with one attached hydrogen (secondary N) is 1. The quantitative estimate of drug-likeness (QED) is 0.835. The van der Waals surface area contributed by atoms with E-state index in [1.54, 1.807) is 18.2 Å². The second-order valence-corrected chi connectivity index (χ2v) is 7.60. The molecule has 3 heterocycles. The minimum Gasteiger partial charge on any atom is -0.497 e. The van der Waals surface area contributed by atoms with Crippen molar-refractivity contribution in [3.05, 3.63) is 23.8 Å². The van der Waals surface area contributed by atoms with E-state index < -0.39 is 34.5 Å². The largest absolute Gasteiger partial charge is 0.497 e. The molecule has 5 rings (SSSR count). The molecule has 0 amide bonds. The Morgan fingerprint density at radius 2 is 1.86 bits per heavy atom. The van der Waals surface area contributed by atoms with E-state index in [0.29, 0.717) is 29.9 Å². The molecule has 8 nitrogen and oxygen atoms in total. The number of nitrogens with zero attached hydrogens (tertiary/aromatic N) is 3. The number of fused-ring (bicyclic) bond motifs is 2. The molecule has 3 aliphatic heterocycles. The zero-order valence-corrected chi connectivity index (χ0v) is 16.2. The first kappa shape index (κ1) is 19.1. The Bertz CT molecular complexity index is 989. The average molecular weight is 392 g/mol. The third kappa shape index (κ3) is 2.11. The van der Waals surface area contributed by atoms with Gasteiger partial charge in [-0.2, -0.15) is 15.8 Å². The number of nitriles is 3. The Kier molecular flexibility index (Phi) is 4.19. The third-order valence-corrected chi connectivity index (χ3v) is 6.54. The summed E-state index contributed by atoms with van der Waals surface area (Å²) in [7, 11) is 3.00. The van der Waals surface area contributed by atoms with E-state index in [9.17, 15) is 15.8 Å². The molecule has 8 heteroatoms. The van der Waals surface area contributed by atoms with Gasteiger partial charge in [-0.25, -0.2) is 0 Å². The normalized spacial score (nSPS) is 34.0. The maximum absolute atomic E-state index is 10.3. The maximum atomic E-state index is 10.3. The molecule has 2 bridgehead atoms. The third-order valence-electron chi connectivity index (χ3n) is 6.54. The molecule has 0 radical (unpaired) electrons. The van der Waals surface area contributed by atoms with Crippen molar-refractivity contribution in [1.29, 1.82) is 21.2 Å². The molecule has 1 spiro atoms. The molecule has 4 atom stereocenters. The second kappa shape index (κ2) is 6.37. The first-order chi connectivity index (χ1) is 14.0. The number of hydrogen-bond acceptors (Lipinski definition) is 8. The van der Waals surface area contributed by atoms with Crippen LogP contribution in [0.5, 0.6) is 11.5 Å². The van der Waals surface area contributed by atoms with Gasteiger partial charge in [0.15, 0.2) is 10.8 Å². The van der Waals surface area contributed by atoms with Crippen molar-refractivity contribution in [2.24, 2.45) is 16.7 Å². The predicted molar refractivity (Wildman–Crippen MR) is 98.6 cm³/mol. The zero-order chi connectivity index (χ0) is 20.9. The lowest BCUT2D eigenvalue weighted by molar-refractivity contribution is -0.360. The zero-order valence-electron chi connectivity index (χ0n) is 16.2. The Labute approximate surface area is 168 Å². The van der Waals surface area contributed by atoms with Gasteiger partial charge >= 0.3 is 0 Å². The van der Waals surface area contributed by atoms with Crippen LogP contribution in [0, 0.1) is 56.2 Å². The summed E-state index contributed by atoms with van der Waals surface area (Å²) in [6, 6.07) is 11.4. The van der Waals surface area contributed by atoms with Crippen molar-refractivity contribution in [3.63, 3.8) is 0 Å². The Morgan fingerprint density at radius 1 is 1.10 bits per heavy atom. The Morgan fingerprint density at radius 3 is 2.48 bits per heavy atom. The molecule has 1 saturated carbocycles. The molecule has 1 aromatic rings. The van der Waals surface area contributed by atoms with Gasteiger partial charge in [0.1, 0.15) is 17.6 Å². The Hall–Kier alpha value is -3.28. The fourth-order valence-electron chi connectivity index (χ4n) is 5.16. The first-order valence-electron chi connectivity index (χ1n) is 9.40. The van der Waals surface area contributed by atoms with Gasteiger partial charge in [-0.3, -0.25) is 5.41 Å². The van der Waals surface area contributed by atoms with Crippen molar-refractivity contribution in [3.8, 4) is 29.7 Å². The van der Waals surface area contributed by atoms with Gasteiger partial charge in [-0.15, -0.1) is 0 Å². The number of benzene rings is 1. The molecule has 1 N–H and O–H groups in total. The molecule has 148 valence electrons. The van der Waals surface area contributed by atoms with Crippen LogP contribution in [0.2, 0.25) is 0 Å². The highest BCUT2D eigenvalue weighted by atomic mass is 16.7. The maximum Gasteiger partial charge on any atom is 0.218 e. The van der Waals surface area contributed by atoms with Gasteiger partial charge in [0.2, 0.25) is 11.7 Å². The summed E-state index contributed by atoms with van der Waals surface area (Å²) >= 11 is 0. The first-order valence-corrected chi connectivity index (χ1v) is 9.40. The van der Waals surface area contributed by atoms with E-state index in [1.807, 2.05) is 0 Å². The average Bonchev–Trinajstić information content (AvgIpc) is 2.76. The number of hydrogen-bond donors (Lipinski definition) is 1. The highest BCUT2D eigenvalue weighted by molar-refractivity contribution is 5.89.